The van der Waals surface area contributed by atoms with Gasteiger partial charge in [-0.25, -0.2) is 4.79 Å². The topological polar surface area (TPSA) is 120 Å². The minimum atomic E-state index is -0.938. The van der Waals surface area contributed by atoms with E-state index in [9.17, 15) is 19.2 Å². The number of hydrogen-bond acceptors (Lipinski definition) is 6. The van der Waals surface area contributed by atoms with Crippen molar-refractivity contribution in [2.75, 3.05) is 26.7 Å². The van der Waals surface area contributed by atoms with E-state index >= 15 is 0 Å². The van der Waals surface area contributed by atoms with Crippen LogP contribution in [0.25, 0.3) is 0 Å². The van der Waals surface area contributed by atoms with Crippen molar-refractivity contribution < 1.29 is 23.9 Å². The van der Waals surface area contributed by atoms with Gasteiger partial charge in [-0.1, -0.05) is 20.8 Å². The predicted molar refractivity (Wildman–Crippen MR) is 103 cm³/mol. The van der Waals surface area contributed by atoms with Gasteiger partial charge in [-0.15, -0.1) is 0 Å². The Kier molecular flexibility index (Phi) is 6.88. The van der Waals surface area contributed by atoms with Gasteiger partial charge in [0.05, 0.1) is 12.5 Å². The third-order valence-corrected chi connectivity index (χ3v) is 5.94. The zero-order valence-electron chi connectivity index (χ0n) is 17.6. The molecule has 1 saturated carbocycles. The molecule has 2 aliphatic rings. The van der Waals surface area contributed by atoms with E-state index in [0.717, 1.165) is 17.7 Å². The quantitative estimate of drug-likeness (QED) is 0.526. The molecule has 160 valence electrons. The lowest BCUT2D eigenvalue weighted by molar-refractivity contribution is -0.153. The number of carbonyl (C=O) groups is 4. The largest absolute Gasteiger partial charge is 0.454 e. The van der Waals surface area contributed by atoms with Crippen molar-refractivity contribution in [2.24, 2.45) is 11.3 Å². The minimum absolute atomic E-state index is 0.143. The lowest BCUT2D eigenvalue weighted by Crippen LogP contribution is -2.50. The summed E-state index contributed by atoms with van der Waals surface area (Å²) in [6.45, 7) is 5.73. The summed E-state index contributed by atoms with van der Waals surface area (Å²) in [7, 11) is 1.50. The summed E-state index contributed by atoms with van der Waals surface area (Å²) >= 11 is 0. The minimum Gasteiger partial charge on any atom is -0.454 e. The SMILES string of the molecule is CN(CCC#N)C(=O)COC(=O)CN1C(=O)NC2(CCC(C(C)(C)C)CC2)C1=O. The monoisotopic (exact) mass is 406 g/mol. The number of amides is 4. The highest BCUT2D eigenvalue weighted by Gasteiger charge is 2.53. The van der Waals surface area contributed by atoms with Crippen LogP contribution in [0.5, 0.6) is 0 Å². The Morgan fingerprint density at radius 1 is 1.31 bits per heavy atom. The van der Waals surface area contributed by atoms with Crippen LogP contribution in [0.3, 0.4) is 0 Å². The van der Waals surface area contributed by atoms with Crippen LogP contribution in [0.4, 0.5) is 4.79 Å². The summed E-state index contributed by atoms with van der Waals surface area (Å²) in [4.78, 5) is 51.3. The van der Waals surface area contributed by atoms with Gasteiger partial charge in [0.25, 0.3) is 11.8 Å². The number of carbonyl (C=O) groups excluding carboxylic acids is 4. The van der Waals surface area contributed by atoms with Crippen LogP contribution in [-0.4, -0.2) is 65.9 Å². The maximum atomic E-state index is 12.9. The first-order valence-corrected chi connectivity index (χ1v) is 9.91. The third kappa shape index (κ3) is 5.25. The zero-order chi connectivity index (χ0) is 21.8. The number of imide groups is 1. The van der Waals surface area contributed by atoms with Crippen molar-refractivity contribution >= 4 is 23.8 Å². The van der Waals surface area contributed by atoms with Gasteiger partial charge in [0.15, 0.2) is 6.61 Å². The van der Waals surface area contributed by atoms with E-state index in [2.05, 4.69) is 26.1 Å². The molecular formula is C20H30N4O5. The molecule has 9 nitrogen and oxygen atoms in total. The molecule has 0 bridgehead atoms. The van der Waals surface area contributed by atoms with E-state index in [-0.39, 0.29) is 18.4 Å². The number of nitriles is 1. The first kappa shape index (κ1) is 22.7. The second-order valence-corrected chi connectivity index (χ2v) is 8.93. The Labute approximate surface area is 171 Å². The predicted octanol–water partition coefficient (Wildman–Crippen LogP) is 1.43. The second kappa shape index (κ2) is 8.80. The van der Waals surface area contributed by atoms with E-state index in [4.69, 9.17) is 10.00 Å². The molecule has 1 N–H and O–H groups in total. The molecule has 0 unspecified atom stereocenters. The van der Waals surface area contributed by atoms with Gasteiger partial charge in [-0.05, 0) is 37.0 Å². The highest BCUT2D eigenvalue weighted by atomic mass is 16.5. The van der Waals surface area contributed by atoms with E-state index in [1.165, 1.54) is 11.9 Å². The Morgan fingerprint density at radius 2 is 1.93 bits per heavy atom. The van der Waals surface area contributed by atoms with E-state index < -0.39 is 42.5 Å². The molecule has 29 heavy (non-hydrogen) atoms. The number of nitrogens with one attached hydrogen (secondary N) is 1. The molecular weight excluding hydrogens is 376 g/mol. The molecule has 0 aromatic carbocycles. The normalized spacial score (nSPS) is 24.2. The fraction of sp³-hybridized carbons (Fsp3) is 0.750. The molecule has 0 atom stereocenters. The highest BCUT2D eigenvalue weighted by Crippen LogP contribution is 2.43. The fourth-order valence-corrected chi connectivity index (χ4v) is 3.90. The zero-order valence-corrected chi connectivity index (χ0v) is 17.6. The fourth-order valence-electron chi connectivity index (χ4n) is 3.90. The van der Waals surface area contributed by atoms with Gasteiger partial charge in [-0.2, -0.15) is 5.26 Å². The standard InChI is InChI=1S/C20H30N4O5/c1-19(2,3)14-6-8-20(9-7-14)17(27)24(18(28)22-20)12-16(26)29-13-15(25)23(4)11-5-10-21/h14H,5-9,11-13H2,1-4H3,(H,22,28). The third-order valence-electron chi connectivity index (χ3n) is 5.94. The molecule has 1 spiro atoms. The Balaban J connectivity index is 1.88. The van der Waals surface area contributed by atoms with Crippen LogP contribution in [0.15, 0.2) is 0 Å². The first-order chi connectivity index (χ1) is 13.5. The number of likely N-dealkylation sites (N-methyl/N-ethyl adjacent to an activating group) is 1. The summed E-state index contributed by atoms with van der Waals surface area (Å²) in [6, 6.07) is 1.33. The highest BCUT2D eigenvalue weighted by molar-refractivity contribution is 6.08. The van der Waals surface area contributed by atoms with Gasteiger partial charge in [-0.3, -0.25) is 19.3 Å². The molecule has 0 aromatic heterocycles. The number of rotatable bonds is 6. The van der Waals surface area contributed by atoms with Gasteiger partial charge in [0.1, 0.15) is 12.1 Å². The molecule has 0 aromatic rings. The number of nitrogens with zero attached hydrogens (tertiary/aromatic N) is 3. The summed E-state index contributed by atoms with van der Waals surface area (Å²) in [5.74, 6) is -1.20. The van der Waals surface area contributed by atoms with E-state index in [1.807, 2.05) is 6.07 Å². The van der Waals surface area contributed by atoms with Crippen molar-refractivity contribution in [3.05, 3.63) is 0 Å². The number of urea groups is 1. The summed E-state index contributed by atoms with van der Waals surface area (Å²) < 4.78 is 4.91. The maximum Gasteiger partial charge on any atom is 0.326 e. The summed E-state index contributed by atoms with van der Waals surface area (Å²) in [6.07, 6.45) is 2.94. The molecule has 2 rings (SSSR count). The van der Waals surface area contributed by atoms with Crippen LogP contribution in [0.2, 0.25) is 0 Å². The average Bonchev–Trinajstić information content (AvgIpc) is 2.87. The van der Waals surface area contributed by atoms with Crippen LogP contribution in [-0.2, 0) is 19.1 Å². The van der Waals surface area contributed by atoms with Crippen molar-refractivity contribution in [1.82, 2.24) is 15.1 Å². The Morgan fingerprint density at radius 3 is 2.48 bits per heavy atom. The molecule has 1 saturated heterocycles. The van der Waals surface area contributed by atoms with Gasteiger partial charge < -0.3 is 15.0 Å². The molecule has 2 fully saturated rings. The lowest BCUT2D eigenvalue weighted by atomic mass is 9.67. The average molecular weight is 406 g/mol. The van der Waals surface area contributed by atoms with Crippen LogP contribution in [0.1, 0.15) is 52.9 Å². The molecule has 0 radical (unpaired) electrons. The molecule has 1 heterocycles. The van der Waals surface area contributed by atoms with Crippen molar-refractivity contribution in [1.29, 1.82) is 5.26 Å². The van der Waals surface area contributed by atoms with Crippen molar-refractivity contribution in [2.45, 2.75) is 58.4 Å². The number of hydrogen-bond donors (Lipinski definition) is 1. The lowest BCUT2D eigenvalue weighted by Gasteiger charge is -2.40. The molecule has 1 aliphatic carbocycles. The van der Waals surface area contributed by atoms with Crippen LogP contribution < -0.4 is 5.32 Å². The van der Waals surface area contributed by atoms with E-state index in [1.54, 1.807) is 0 Å². The molecule has 9 heteroatoms. The number of ether oxygens (including phenoxy) is 1. The van der Waals surface area contributed by atoms with Gasteiger partial charge in [0, 0.05) is 13.6 Å². The maximum absolute atomic E-state index is 12.9. The summed E-state index contributed by atoms with van der Waals surface area (Å²) in [5, 5.41) is 11.3. The van der Waals surface area contributed by atoms with Gasteiger partial charge >= 0.3 is 12.0 Å². The summed E-state index contributed by atoms with van der Waals surface area (Å²) in [5.41, 5.74) is -0.795. The van der Waals surface area contributed by atoms with Crippen molar-refractivity contribution in [3.63, 3.8) is 0 Å². The Bertz CT molecular complexity index is 713. The molecule has 4 amide bonds. The van der Waals surface area contributed by atoms with Gasteiger partial charge in [0.2, 0.25) is 0 Å². The number of esters is 1. The van der Waals surface area contributed by atoms with Crippen LogP contribution in [0, 0.1) is 22.7 Å². The second-order valence-electron chi connectivity index (χ2n) is 8.93. The van der Waals surface area contributed by atoms with Crippen molar-refractivity contribution in [3.8, 4) is 6.07 Å². The van der Waals surface area contributed by atoms with E-state index in [0.29, 0.717) is 18.8 Å². The van der Waals surface area contributed by atoms with Crippen LogP contribution >= 0.6 is 0 Å². The molecule has 1 aliphatic heterocycles. The first-order valence-electron chi connectivity index (χ1n) is 9.91. The Hall–Kier alpha value is -2.63. The smallest absolute Gasteiger partial charge is 0.326 e.